The summed E-state index contributed by atoms with van der Waals surface area (Å²) in [4.78, 5) is 0. The smallest absolute Gasteiger partial charge is 0.125 e. The lowest BCUT2D eigenvalue weighted by Gasteiger charge is -2.14. The van der Waals surface area contributed by atoms with Crippen molar-refractivity contribution in [3.63, 3.8) is 0 Å². The van der Waals surface area contributed by atoms with Gasteiger partial charge in [0.05, 0.1) is 6.61 Å². The van der Waals surface area contributed by atoms with Crippen molar-refractivity contribution in [2.45, 2.75) is 26.7 Å². The van der Waals surface area contributed by atoms with Crippen molar-refractivity contribution in [1.82, 2.24) is 0 Å². The molecule has 0 bridgehead atoms. The van der Waals surface area contributed by atoms with Crippen LogP contribution in [-0.4, -0.2) is 6.61 Å². The van der Waals surface area contributed by atoms with E-state index in [0.717, 1.165) is 5.75 Å². The molecular weight excluding hydrogens is 160 g/mol. The second-order valence-electron chi connectivity index (χ2n) is 3.33. The van der Waals surface area contributed by atoms with Crippen LogP contribution in [0.4, 0.5) is 0 Å². The molecule has 1 unspecified atom stereocenters. The van der Waals surface area contributed by atoms with Crippen LogP contribution >= 0.6 is 0 Å². The number of benzene rings is 1. The zero-order valence-corrected chi connectivity index (χ0v) is 8.63. The fourth-order valence-electron chi connectivity index (χ4n) is 1.40. The van der Waals surface area contributed by atoms with E-state index >= 15 is 0 Å². The van der Waals surface area contributed by atoms with Crippen LogP contribution in [0.15, 0.2) is 18.2 Å². The Bertz CT molecular complexity index is 276. The molecule has 1 rings (SSSR count). The molecule has 0 saturated heterocycles. The van der Waals surface area contributed by atoms with E-state index in [2.05, 4.69) is 39.0 Å². The Morgan fingerprint density at radius 1 is 1.46 bits per heavy atom. The molecule has 0 aliphatic carbocycles. The van der Waals surface area contributed by atoms with Crippen molar-refractivity contribution in [2.75, 3.05) is 6.61 Å². The normalized spacial score (nSPS) is 10.5. The van der Waals surface area contributed by atoms with Gasteiger partial charge in [-0.05, 0) is 37.8 Å². The lowest BCUT2D eigenvalue weighted by atomic mass is 10.00. The van der Waals surface area contributed by atoms with Crippen molar-refractivity contribution >= 4 is 0 Å². The van der Waals surface area contributed by atoms with E-state index in [0.29, 0.717) is 6.61 Å². The summed E-state index contributed by atoms with van der Waals surface area (Å²) in [7, 11) is 0. The Hall–Kier alpha value is -0.980. The van der Waals surface area contributed by atoms with Gasteiger partial charge >= 0.3 is 0 Å². The molecule has 0 aliphatic heterocycles. The third kappa shape index (κ3) is 2.24. The second-order valence-corrected chi connectivity index (χ2v) is 3.33. The van der Waals surface area contributed by atoms with Crippen LogP contribution in [0.1, 0.15) is 30.9 Å². The van der Waals surface area contributed by atoms with Crippen LogP contribution in [-0.2, 0) is 0 Å². The van der Waals surface area contributed by atoms with Gasteiger partial charge < -0.3 is 4.74 Å². The van der Waals surface area contributed by atoms with Crippen LogP contribution < -0.4 is 4.74 Å². The quantitative estimate of drug-likeness (QED) is 0.688. The SMILES string of the molecule is [CH2]C(C)c1cccc(C)c1OCC. The molecule has 1 aromatic rings. The molecule has 0 fully saturated rings. The Kier molecular flexibility index (Phi) is 3.35. The number of hydrogen-bond donors (Lipinski definition) is 0. The Morgan fingerprint density at radius 3 is 2.69 bits per heavy atom. The van der Waals surface area contributed by atoms with Crippen LogP contribution in [0.25, 0.3) is 0 Å². The molecule has 0 N–H and O–H groups in total. The summed E-state index contributed by atoms with van der Waals surface area (Å²) in [6.45, 7) is 10.9. The highest BCUT2D eigenvalue weighted by atomic mass is 16.5. The summed E-state index contributed by atoms with van der Waals surface area (Å²) in [6.07, 6.45) is 0. The first kappa shape index (κ1) is 10.1. The van der Waals surface area contributed by atoms with Gasteiger partial charge in [0, 0.05) is 0 Å². The molecule has 1 aromatic carbocycles. The summed E-state index contributed by atoms with van der Waals surface area (Å²) in [6, 6.07) is 6.20. The summed E-state index contributed by atoms with van der Waals surface area (Å²) < 4.78 is 5.59. The van der Waals surface area contributed by atoms with Gasteiger partial charge in [0.2, 0.25) is 0 Å². The minimum absolute atomic E-state index is 0.279. The topological polar surface area (TPSA) is 9.23 Å². The van der Waals surface area contributed by atoms with Crippen LogP contribution in [0.3, 0.4) is 0 Å². The average Bonchev–Trinajstić information content (AvgIpc) is 2.08. The summed E-state index contributed by atoms with van der Waals surface area (Å²) in [5.74, 6) is 1.29. The van der Waals surface area contributed by atoms with E-state index in [1.807, 2.05) is 6.92 Å². The maximum absolute atomic E-state index is 5.59. The first-order chi connectivity index (χ1) is 6.16. The highest BCUT2D eigenvalue weighted by molar-refractivity contribution is 5.42. The minimum atomic E-state index is 0.279. The van der Waals surface area contributed by atoms with Crippen molar-refractivity contribution in [3.05, 3.63) is 36.2 Å². The average molecular weight is 177 g/mol. The van der Waals surface area contributed by atoms with Crippen molar-refractivity contribution in [3.8, 4) is 5.75 Å². The largest absolute Gasteiger partial charge is 0.493 e. The third-order valence-corrected chi connectivity index (χ3v) is 2.06. The van der Waals surface area contributed by atoms with Gasteiger partial charge in [-0.25, -0.2) is 0 Å². The molecule has 1 nitrogen and oxygen atoms in total. The summed E-state index contributed by atoms with van der Waals surface area (Å²) in [5, 5.41) is 0. The Morgan fingerprint density at radius 2 is 2.15 bits per heavy atom. The third-order valence-electron chi connectivity index (χ3n) is 2.06. The van der Waals surface area contributed by atoms with Crippen molar-refractivity contribution < 1.29 is 4.74 Å². The van der Waals surface area contributed by atoms with Gasteiger partial charge in [-0.15, -0.1) is 0 Å². The van der Waals surface area contributed by atoms with E-state index < -0.39 is 0 Å². The van der Waals surface area contributed by atoms with E-state index in [1.165, 1.54) is 11.1 Å². The van der Waals surface area contributed by atoms with Crippen LogP contribution in [0, 0.1) is 13.8 Å². The fraction of sp³-hybridized carbons (Fsp3) is 0.417. The van der Waals surface area contributed by atoms with Crippen molar-refractivity contribution in [2.24, 2.45) is 0 Å². The summed E-state index contributed by atoms with van der Waals surface area (Å²) >= 11 is 0. The van der Waals surface area contributed by atoms with E-state index in [1.54, 1.807) is 0 Å². The molecule has 13 heavy (non-hydrogen) atoms. The van der Waals surface area contributed by atoms with Gasteiger partial charge in [0.15, 0.2) is 0 Å². The maximum Gasteiger partial charge on any atom is 0.125 e. The molecule has 0 saturated carbocycles. The molecule has 1 radical (unpaired) electrons. The molecule has 0 spiro atoms. The number of para-hydroxylation sites is 1. The molecular formula is C12H17O. The van der Waals surface area contributed by atoms with Gasteiger partial charge in [-0.2, -0.15) is 0 Å². The number of rotatable bonds is 3. The molecule has 71 valence electrons. The molecule has 1 atom stereocenters. The van der Waals surface area contributed by atoms with Gasteiger partial charge in [-0.3, -0.25) is 0 Å². The zero-order valence-electron chi connectivity index (χ0n) is 8.63. The molecule has 0 amide bonds. The Balaban J connectivity index is 3.09. The highest BCUT2D eigenvalue weighted by Gasteiger charge is 2.08. The lowest BCUT2D eigenvalue weighted by molar-refractivity contribution is 0.333. The standard InChI is InChI=1S/C12H17O/c1-5-13-12-10(4)7-6-8-11(12)9(2)3/h6-9H,2,5H2,1,3-4H3. The number of ether oxygens (including phenoxy) is 1. The predicted molar refractivity (Wildman–Crippen MR) is 56.1 cm³/mol. The van der Waals surface area contributed by atoms with E-state index in [-0.39, 0.29) is 5.92 Å². The first-order valence-electron chi connectivity index (χ1n) is 4.72. The second kappa shape index (κ2) is 4.31. The molecule has 0 aliphatic rings. The number of hydrogen-bond acceptors (Lipinski definition) is 1. The maximum atomic E-state index is 5.59. The van der Waals surface area contributed by atoms with E-state index in [4.69, 9.17) is 4.74 Å². The highest BCUT2D eigenvalue weighted by Crippen LogP contribution is 2.29. The van der Waals surface area contributed by atoms with Gasteiger partial charge in [-0.1, -0.05) is 25.1 Å². The minimum Gasteiger partial charge on any atom is -0.493 e. The zero-order chi connectivity index (χ0) is 9.84. The van der Waals surface area contributed by atoms with E-state index in [9.17, 15) is 0 Å². The fourth-order valence-corrected chi connectivity index (χ4v) is 1.40. The van der Waals surface area contributed by atoms with Gasteiger partial charge in [0.1, 0.15) is 5.75 Å². The summed E-state index contributed by atoms with van der Waals surface area (Å²) in [5.41, 5.74) is 2.39. The molecule has 0 aromatic heterocycles. The van der Waals surface area contributed by atoms with Gasteiger partial charge in [0.25, 0.3) is 0 Å². The molecule has 0 heterocycles. The first-order valence-corrected chi connectivity index (χ1v) is 4.72. The van der Waals surface area contributed by atoms with Crippen LogP contribution in [0.2, 0.25) is 0 Å². The lowest BCUT2D eigenvalue weighted by Crippen LogP contribution is -2.00. The predicted octanol–water partition coefficient (Wildman–Crippen LogP) is 3.33. The van der Waals surface area contributed by atoms with Crippen LogP contribution in [0.5, 0.6) is 5.75 Å². The molecule has 1 heteroatoms. The Labute approximate surface area is 80.7 Å². The number of aryl methyl sites for hydroxylation is 1. The van der Waals surface area contributed by atoms with Crippen molar-refractivity contribution in [1.29, 1.82) is 0 Å². The monoisotopic (exact) mass is 177 g/mol.